The maximum Gasteiger partial charge on any atom is 0.233 e. The Balaban J connectivity index is 1.66. The maximum absolute atomic E-state index is 12.9. The lowest BCUT2D eigenvalue weighted by Gasteiger charge is -2.36. The van der Waals surface area contributed by atoms with Crippen molar-refractivity contribution in [3.8, 4) is 0 Å². The summed E-state index contributed by atoms with van der Waals surface area (Å²) in [7, 11) is 0. The molecular formula is C19H27N5OS. The molecule has 1 aliphatic carbocycles. The van der Waals surface area contributed by atoms with Crippen molar-refractivity contribution in [3.63, 3.8) is 0 Å². The molecule has 0 aliphatic heterocycles. The molecule has 0 spiro atoms. The molecule has 0 bridgehead atoms. The van der Waals surface area contributed by atoms with Gasteiger partial charge in [0.1, 0.15) is 0 Å². The number of benzene rings is 1. The van der Waals surface area contributed by atoms with Gasteiger partial charge in [0.15, 0.2) is 0 Å². The summed E-state index contributed by atoms with van der Waals surface area (Å²) in [6.07, 6.45) is 4.69. The van der Waals surface area contributed by atoms with Crippen LogP contribution >= 0.6 is 11.8 Å². The quantitative estimate of drug-likeness (QED) is 0.722. The molecule has 1 amide bonds. The van der Waals surface area contributed by atoms with E-state index in [1.54, 1.807) is 0 Å². The Hall–Kier alpha value is -1.89. The zero-order valence-electron chi connectivity index (χ0n) is 15.8. The molecule has 6 nitrogen and oxygen atoms in total. The van der Waals surface area contributed by atoms with Crippen molar-refractivity contribution < 1.29 is 4.79 Å². The highest BCUT2D eigenvalue weighted by Gasteiger charge is 2.28. The number of amides is 1. The minimum absolute atomic E-state index is 0.104. The third kappa shape index (κ3) is 4.63. The number of aromatic nitrogens is 4. The van der Waals surface area contributed by atoms with Crippen molar-refractivity contribution in [3.05, 3.63) is 35.9 Å². The summed E-state index contributed by atoms with van der Waals surface area (Å²) < 4.78 is 1.91. The summed E-state index contributed by atoms with van der Waals surface area (Å²) >= 11 is 1.44. The molecule has 140 valence electrons. The third-order valence-corrected chi connectivity index (χ3v) is 5.67. The van der Waals surface area contributed by atoms with Crippen LogP contribution in [-0.4, -0.2) is 42.3 Å². The molecule has 3 rings (SSSR count). The molecule has 1 aliphatic rings. The number of nitrogens with zero attached hydrogens (tertiary/aromatic N) is 5. The van der Waals surface area contributed by atoms with Crippen LogP contribution in [0.25, 0.3) is 0 Å². The molecule has 2 aromatic rings. The first-order valence-electron chi connectivity index (χ1n) is 9.20. The number of thioether (sulfide) groups is 1. The molecule has 26 heavy (non-hydrogen) atoms. The zero-order chi connectivity index (χ0) is 18.6. The standard InChI is InChI=1S/C19H27N5OS/c1-19(2,3)23(13-15-9-5-4-6-10-15)17(25)14-26-18-20-21-22-24(18)16-11-7-8-12-16/h4-6,9-10,16H,7-8,11-14H2,1-3H3. The Morgan fingerprint density at radius 3 is 2.58 bits per heavy atom. The molecule has 0 N–H and O–H groups in total. The predicted octanol–water partition coefficient (Wildman–Crippen LogP) is 3.71. The van der Waals surface area contributed by atoms with E-state index in [4.69, 9.17) is 0 Å². The van der Waals surface area contributed by atoms with Crippen molar-refractivity contribution >= 4 is 17.7 Å². The smallest absolute Gasteiger partial charge is 0.233 e. The van der Waals surface area contributed by atoms with E-state index < -0.39 is 0 Å². The fraction of sp³-hybridized carbons (Fsp3) is 0.579. The van der Waals surface area contributed by atoms with Gasteiger partial charge in [-0.3, -0.25) is 4.79 Å². The normalized spacial score (nSPS) is 15.3. The van der Waals surface area contributed by atoms with Crippen LogP contribution in [0.4, 0.5) is 0 Å². The Kier molecular flexibility index (Phi) is 5.96. The molecule has 0 unspecified atom stereocenters. The molecule has 0 radical (unpaired) electrons. The number of hydrogen-bond donors (Lipinski definition) is 0. The van der Waals surface area contributed by atoms with E-state index in [1.807, 2.05) is 27.8 Å². The van der Waals surface area contributed by atoms with Gasteiger partial charge in [-0.2, -0.15) is 0 Å². The fourth-order valence-electron chi connectivity index (χ4n) is 3.33. The average molecular weight is 374 g/mol. The van der Waals surface area contributed by atoms with Crippen LogP contribution in [0, 0.1) is 0 Å². The fourth-order valence-corrected chi connectivity index (χ4v) is 4.15. The summed E-state index contributed by atoms with van der Waals surface area (Å²) in [4.78, 5) is 14.9. The van der Waals surface area contributed by atoms with Crippen molar-refractivity contribution in [2.75, 3.05) is 5.75 Å². The van der Waals surface area contributed by atoms with Gasteiger partial charge in [-0.15, -0.1) is 5.10 Å². The van der Waals surface area contributed by atoms with Gasteiger partial charge < -0.3 is 4.90 Å². The van der Waals surface area contributed by atoms with Crippen molar-refractivity contribution in [1.82, 2.24) is 25.1 Å². The van der Waals surface area contributed by atoms with Crippen LogP contribution in [0.1, 0.15) is 58.1 Å². The summed E-state index contributed by atoms with van der Waals surface area (Å²) in [5.41, 5.74) is 0.891. The highest BCUT2D eigenvalue weighted by molar-refractivity contribution is 7.99. The van der Waals surface area contributed by atoms with E-state index in [0.29, 0.717) is 18.3 Å². The minimum Gasteiger partial charge on any atom is -0.333 e. The first-order chi connectivity index (χ1) is 12.4. The summed E-state index contributed by atoms with van der Waals surface area (Å²) in [5.74, 6) is 0.448. The summed E-state index contributed by atoms with van der Waals surface area (Å²) in [6.45, 7) is 6.82. The first-order valence-corrected chi connectivity index (χ1v) is 10.2. The largest absolute Gasteiger partial charge is 0.333 e. The molecule has 7 heteroatoms. The molecule has 1 saturated carbocycles. The van der Waals surface area contributed by atoms with E-state index in [9.17, 15) is 4.79 Å². The summed E-state index contributed by atoms with van der Waals surface area (Å²) in [6, 6.07) is 10.5. The third-order valence-electron chi connectivity index (χ3n) is 4.75. The number of carbonyl (C=O) groups excluding carboxylic acids is 1. The average Bonchev–Trinajstić information content (AvgIpc) is 3.28. The molecule has 1 aromatic heterocycles. The van der Waals surface area contributed by atoms with Crippen LogP contribution in [0.15, 0.2) is 35.5 Å². The van der Waals surface area contributed by atoms with E-state index in [1.165, 1.54) is 24.6 Å². The van der Waals surface area contributed by atoms with Gasteiger partial charge in [0, 0.05) is 12.1 Å². The van der Waals surface area contributed by atoms with E-state index >= 15 is 0 Å². The lowest BCUT2D eigenvalue weighted by molar-refractivity contribution is -0.133. The molecular weight excluding hydrogens is 346 g/mol. The minimum atomic E-state index is -0.245. The van der Waals surface area contributed by atoms with Crippen LogP contribution in [0.5, 0.6) is 0 Å². The highest BCUT2D eigenvalue weighted by atomic mass is 32.2. The Bertz CT molecular complexity index is 719. The van der Waals surface area contributed by atoms with Crippen molar-refractivity contribution in [1.29, 1.82) is 0 Å². The van der Waals surface area contributed by atoms with Crippen LogP contribution in [-0.2, 0) is 11.3 Å². The van der Waals surface area contributed by atoms with Crippen LogP contribution in [0.2, 0.25) is 0 Å². The van der Waals surface area contributed by atoms with E-state index in [-0.39, 0.29) is 11.4 Å². The second-order valence-corrected chi connectivity index (χ2v) is 8.71. The SMILES string of the molecule is CC(C)(C)N(Cc1ccccc1)C(=O)CSc1nnnn1C1CCCC1. The number of rotatable bonds is 6. The van der Waals surface area contributed by atoms with Crippen molar-refractivity contribution in [2.24, 2.45) is 0 Å². The van der Waals surface area contributed by atoms with Gasteiger partial charge in [-0.25, -0.2) is 4.68 Å². The van der Waals surface area contributed by atoms with Crippen LogP contribution in [0.3, 0.4) is 0 Å². The van der Waals surface area contributed by atoms with E-state index in [2.05, 4.69) is 48.4 Å². The Morgan fingerprint density at radius 1 is 1.23 bits per heavy atom. The molecule has 1 fully saturated rings. The maximum atomic E-state index is 12.9. The highest BCUT2D eigenvalue weighted by Crippen LogP contribution is 2.31. The zero-order valence-corrected chi connectivity index (χ0v) is 16.6. The Labute approximate surface area is 159 Å². The molecule has 0 saturated heterocycles. The van der Waals surface area contributed by atoms with Crippen molar-refractivity contribution in [2.45, 2.75) is 69.7 Å². The van der Waals surface area contributed by atoms with Crippen LogP contribution < -0.4 is 0 Å². The topological polar surface area (TPSA) is 63.9 Å². The second-order valence-electron chi connectivity index (χ2n) is 7.77. The van der Waals surface area contributed by atoms with Gasteiger partial charge in [0.2, 0.25) is 11.1 Å². The van der Waals surface area contributed by atoms with Gasteiger partial charge in [0.25, 0.3) is 0 Å². The predicted molar refractivity (Wildman–Crippen MR) is 103 cm³/mol. The van der Waals surface area contributed by atoms with E-state index in [0.717, 1.165) is 23.6 Å². The summed E-state index contributed by atoms with van der Waals surface area (Å²) in [5, 5.41) is 12.9. The Morgan fingerprint density at radius 2 is 1.92 bits per heavy atom. The lowest BCUT2D eigenvalue weighted by Crippen LogP contribution is -2.46. The number of tetrazole rings is 1. The second kappa shape index (κ2) is 8.20. The molecule has 0 atom stereocenters. The van der Waals surface area contributed by atoms with Gasteiger partial charge in [0.05, 0.1) is 11.8 Å². The van der Waals surface area contributed by atoms with Gasteiger partial charge >= 0.3 is 0 Å². The number of carbonyl (C=O) groups is 1. The van der Waals surface area contributed by atoms with Gasteiger partial charge in [-0.1, -0.05) is 54.9 Å². The molecule has 1 aromatic carbocycles. The monoisotopic (exact) mass is 373 g/mol. The van der Waals surface area contributed by atoms with Gasteiger partial charge in [-0.05, 0) is 49.6 Å². The number of hydrogen-bond acceptors (Lipinski definition) is 5. The lowest BCUT2D eigenvalue weighted by atomic mass is 10.0. The molecule has 1 heterocycles. The first kappa shape index (κ1) is 18.9.